The summed E-state index contributed by atoms with van der Waals surface area (Å²) in [6.45, 7) is 6.82. The fourth-order valence-electron chi connectivity index (χ4n) is 4.34. The van der Waals surface area contributed by atoms with Crippen LogP contribution in [0.1, 0.15) is 40.0 Å². The van der Waals surface area contributed by atoms with Crippen molar-refractivity contribution in [2.45, 2.75) is 69.5 Å². The summed E-state index contributed by atoms with van der Waals surface area (Å²) in [6, 6.07) is 0. The third kappa shape index (κ3) is 4.16. The van der Waals surface area contributed by atoms with Crippen LogP contribution in [0.2, 0.25) is 0 Å². The van der Waals surface area contributed by atoms with Crippen molar-refractivity contribution in [1.82, 2.24) is 0 Å². The molecule has 0 aromatic rings. The molecule has 0 aromatic carbocycles. The van der Waals surface area contributed by atoms with E-state index in [0.29, 0.717) is 13.0 Å². The van der Waals surface area contributed by atoms with Crippen LogP contribution in [0, 0.1) is 5.92 Å². The molecule has 0 radical (unpaired) electrons. The second-order valence-corrected chi connectivity index (χ2v) is 8.16. The highest BCUT2D eigenvalue weighted by Gasteiger charge is 2.72. The van der Waals surface area contributed by atoms with Crippen molar-refractivity contribution in [3.63, 3.8) is 0 Å². The average Bonchev–Trinajstić information content (AvgIpc) is 3.52. The molecular formula is C19H27ClO7. The van der Waals surface area contributed by atoms with Gasteiger partial charge in [-0.3, -0.25) is 4.79 Å². The van der Waals surface area contributed by atoms with Crippen molar-refractivity contribution in [2.75, 3.05) is 19.6 Å². The number of hydrogen-bond donors (Lipinski definition) is 0. The molecule has 0 amide bonds. The Morgan fingerprint density at radius 3 is 2.59 bits per heavy atom. The predicted octanol–water partition coefficient (Wildman–Crippen LogP) is 2.98. The topological polar surface area (TPSA) is 86.9 Å². The number of carbonyl (C=O) groups is 2. The number of methoxy groups -OCH3 is 1. The Bertz CT molecular complexity index is 626. The third-order valence-electron chi connectivity index (χ3n) is 5.79. The number of hydrogen-bond acceptors (Lipinski definition) is 7. The molecule has 7 nitrogen and oxygen atoms in total. The molecule has 8 heteroatoms. The lowest BCUT2D eigenvalue weighted by Crippen LogP contribution is -2.55. The van der Waals surface area contributed by atoms with Crippen LogP contribution in [0.5, 0.6) is 0 Å². The van der Waals surface area contributed by atoms with E-state index in [1.165, 1.54) is 5.57 Å². The van der Waals surface area contributed by atoms with E-state index in [9.17, 15) is 9.59 Å². The minimum Gasteiger partial charge on any atom is -0.428 e. The minimum atomic E-state index is -1.05. The van der Waals surface area contributed by atoms with Gasteiger partial charge < -0.3 is 23.7 Å². The van der Waals surface area contributed by atoms with E-state index in [0.717, 1.165) is 12.8 Å². The molecule has 3 fully saturated rings. The molecule has 0 aromatic heterocycles. The smallest absolute Gasteiger partial charge is 0.428 e. The lowest BCUT2D eigenvalue weighted by molar-refractivity contribution is -0.146. The first kappa shape index (κ1) is 20.6. The summed E-state index contributed by atoms with van der Waals surface area (Å²) in [5.74, 6) is -1.34. The molecular weight excluding hydrogens is 376 g/mol. The van der Waals surface area contributed by atoms with Gasteiger partial charge in [-0.1, -0.05) is 11.6 Å². The van der Waals surface area contributed by atoms with Crippen LogP contribution < -0.4 is 0 Å². The zero-order valence-electron chi connectivity index (χ0n) is 16.2. The van der Waals surface area contributed by atoms with Crippen LogP contribution in [-0.2, 0) is 28.5 Å². The summed E-state index contributed by atoms with van der Waals surface area (Å²) in [5.41, 5.74) is 0.524. The number of allylic oxidation sites excluding steroid dienone is 1. The molecule has 2 heterocycles. The zero-order valence-corrected chi connectivity index (χ0v) is 16.9. The number of ether oxygens (including phenoxy) is 5. The number of halogens is 1. The number of rotatable bonds is 6. The normalized spacial score (nSPS) is 39.6. The molecule has 3 rings (SSSR count). The Hall–Kier alpha value is -1.15. The maximum atomic E-state index is 11.9. The van der Waals surface area contributed by atoms with E-state index in [4.69, 9.17) is 30.5 Å². The lowest BCUT2D eigenvalue weighted by Gasteiger charge is -2.42. The van der Waals surface area contributed by atoms with Crippen molar-refractivity contribution in [2.24, 2.45) is 5.92 Å². The maximum Gasteiger partial charge on any atom is 0.516 e. The summed E-state index contributed by atoms with van der Waals surface area (Å²) in [7, 11) is 1.58. The van der Waals surface area contributed by atoms with Gasteiger partial charge in [0.25, 0.3) is 0 Å². The number of epoxide rings is 2. The Labute approximate surface area is 164 Å². The second kappa shape index (κ2) is 7.70. The van der Waals surface area contributed by atoms with Gasteiger partial charge in [-0.05, 0) is 40.0 Å². The van der Waals surface area contributed by atoms with Gasteiger partial charge in [0.05, 0.1) is 18.6 Å². The fourth-order valence-corrected chi connectivity index (χ4v) is 4.39. The van der Waals surface area contributed by atoms with E-state index in [-0.39, 0.29) is 17.6 Å². The monoisotopic (exact) mass is 402 g/mol. The molecule has 6 atom stereocenters. The average molecular weight is 403 g/mol. The molecule has 1 saturated carbocycles. The SMILES string of the molecule is CO[C@@H]1[C@H](OC(=O)OC(=O)CCl)CC[C@]2(CO2)[C@H]1[C@]1(C)O[C@@H]1CC=C(C)C. The van der Waals surface area contributed by atoms with Gasteiger partial charge >= 0.3 is 12.1 Å². The molecule has 0 bridgehead atoms. The second-order valence-electron chi connectivity index (χ2n) is 7.89. The molecule has 0 unspecified atom stereocenters. The highest BCUT2D eigenvalue weighted by atomic mass is 35.5. The van der Waals surface area contributed by atoms with E-state index >= 15 is 0 Å². The number of esters is 1. The van der Waals surface area contributed by atoms with Crippen molar-refractivity contribution in [1.29, 1.82) is 0 Å². The quantitative estimate of drug-likeness (QED) is 0.222. The van der Waals surface area contributed by atoms with Crippen LogP contribution in [-0.4, -0.2) is 61.2 Å². The van der Waals surface area contributed by atoms with Gasteiger partial charge in [-0.15, -0.1) is 11.6 Å². The first-order valence-corrected chi connectivity index (χ1v) is 9.74. The lowest BCUT2D eigenvalue weighted by atomic mass is 9.68. The van der Waals surface area contributed by atoms with Crippen molar-refractivity contribution >= 4 is 23.7 Å². The van der Waals surface area contributed by atoms with Crippen molar-refractivity contribution < 1.29 is 33.3 Å². The van der Waals surface area contributed by atoms with Crippen molar-refractivity contribution in [3.05, 3.63) is 11.6 Å². The van der Waals surface area contributed by atoms with Gasteiger partial charge in [0.2, 0.25) is 0 Å². The summed E-state index contributed by atoms with van der Waals surface area (Å²) in [6.07, 6.45) is 2.32. The van der Waals surface area contributed by atoms with Gasteiger partial charge in [-0.25, -0.2) is 4.79 Å². The maximum absolute atomic E-state index is 11.9. The van der Waals surface area contributed by atoms with E-state index < -0.39 is 35.8 Å². The first-order valence-electron chi connectivity index (χ1n) is 9.21. The van der Waals surface area contributed by atoms with E-state index in [1.807, 2.05) is 0 Å². The standard InChI is InChI=1S/C19H27ClO7/c1-11(2)5-6-13-18(3,27-13)16-15(23-4)12(7-8-19(16)10-24-19)25-17(22)26-14(21)9-20/h5,12-13,15-16H,6-10H2,1-4H3/t12-,13-,15-,16-,18-,19+/m1/s1. The van der Waals surface area contributed by atoms with Crippen LogP contribution in [0.3, 0.4) is 0 Å². The summed E-state index contributed by atoms with van der Waals surface area (Å²) in [5, 5.41) is 0. The van der Waals surface area contributed by atoms with E-state index in [1.54, 1.807) is 7.11 Å². The highest BCUT2D eigenvalue weighted by Crippen LogP contribution is 2.59. The first-order chi connectivity index (χ1) is 12.8. The predicted molar refractivity (Wildman–Crippen MR) is 96.6 cm³/mol. The minimum absolute atomic E-state index is 0.0691. The molecule has 2 aliphatic heterocycles. The zero-order chi connectivity index (χ0) is 19.8. The number of carbonyl (C=O) groups excluding carboxylic acids is 2. The van der Waals surface area contributed by atoms with Gasteiger partial charge in [0.15, 0.2) is 0 Å². The summed E-state index contributed by atoms with van der Waals surface area (Å²) >= 11 is 5.35. The molecule has 1 aliphatic carbocycles. The molecule has 1 spiro atoms. The van der Waals surface area contributed by atoms with E-state index in [2.05, 4.69) is 31.6 Å². The highest BCUT2D eigenvalue weighted by molar-refractivity contribution is 6.26. The summed E-state index contributed by atoms with van der Waals surface area (Å²) < 4.78 is 27.6. The van der Waals surface area contributed by atoms with Gasteiger partial charge in [-0.2, -0.15) is 0 Å². The largest absolute Gasteiger partial charge is 0.516 e. The molecule has 3 aliphatic rings. The number of alkyl halides is 1. The van der Waals surface area contributed by atoms with Crippen LogP contribution >= 0.6 is 11.6 Å². The Morgan fingerprint density at radius 2 is 2.04 bits per heavy atom. The summed E-state index contributed by atoms with van der Waals surface area (Å²) in [4.78, 5) is 23.1. The van der Waals surface area contributed by atoms with Crippen LogP contribution in [0.25, 0.3) is 0 Å². The van der Waals surface area contributed by atoms with Gasteiger partial charge in [0, 0.05) is 7.11 Å². The van der Waals surface area contributed by atoms with Crippen molar-refractivity contribution in [3.8, 4) is 0 Å². The Morgan fingerprint density at radius 1 is 1.33 bits per heavy atom. The molecule has 0 N–H and O–H groups in total. The fraction of sp³-hybridized carbons (Fsp3) is 0.789. The van der Waals surface area contributed by atoms with Crippen LogP contribution in [0.4, 0.5) is 4.79 Å². The third-order valence-corrected chi connectivity index (χ3v) is 6.01. The molecule has 2 saturated heterocycles. The Kier molecular flexibility index (Phi) is 5.87. The van der Waals surface area contributed by atoms with Gasteiger partial charge in [0.1, 0.15) is 29.3 Å². The Balaban J connectivity index is 1.73. The molecule has 27 heavy (non-hydrogen) atoms. The van der Waals surface area contributed by atoms with Crippen LogP contribution in [0.15, 0.2) is 11.6 Å². The molecule has 152 valence electrons.